The maximum Gasteiger partial charge on any atom is 0.374 e. The van der Waals surface area contributed by atoms with E-state index in [4.69, 9.17) is 9.15 Å². The zero-order valence-electron chi connectivity index (χ0n) is 21.2. The molecule has 2 heterocycles. The van der Waals surface area contributed by atoms with Crippen molar-refractivity contribution in [1.82, 2.24) is 0 Å². The number of hydrogen-bond donors (Lipinski definition) is 0. The number of hydrogen-bond acceptors (Lipinski definition) is 9. The molecule has 0 N–H and O–H groups in total. The van der Waals surface area contributed by atoms with Crippen molar-refractivity contribution in [1.29, 1.82) is 0 Å². The lowest BCUT2D eigenvalue weighted by molar-refractivity contribution is -0.678. The van der Waals surface area contributed by atoms with Crippen molar-refractivity contribution >= 4 is 59.0 Å². The van der Waals surface area contributed by atoms with E-state index in [1.54, 1.807) is 0 Å². The van der Waals surface area contributed by atoms with Crippen LogP contribution in [0.4, 0.5) is 5.69 Å². The smallest absolute Gasteiger partial charge is 0.374 e. The number of aryl methyl sites for hydroxylation is 1. The third kappa shape index (κ3) is 8.15. The number of fused-ring (bicyclic) bond motifs is 2. The van der Waals surface area contributed by atoms with E-state index in [1.165, 1.54) is 0 Å². The summed E-state index contributed by atoms with van der Waals surface area (Å²) in [6, 6.07) is 13.1. The number of halogens is 1. The summed E-state index contributed by atoms with van der Waals surface area (Å²) >= 11 is 3.48. The first kappa shape index (κ1) is 29.3. The van der Waals surface area contributed by atoms with Gasteiger partial charge < -0.3 is 23.2 Å². The standard InChI is InChI=1S/C26H29BrN2O8S2/c1-19(16-25-28(12-4-6-14-38(30,31)32)21-8-2-3-9-23(21)36-25)17-26-29(13-5-7-15-39(33,34)35)22-18-20(27)10-11-24(22)37-26/h2-3,8-11,16-18H,4-7,12-15H2,1H3,(H-,30,31,32,33,34,35)/p-1. The largest absolute Gasteiger partial charge is 0.748 e. The Morgan fingerprint density at radius 2 is 1.69 bits per heavy atom. The predicted octanol–water partition coefficient (Wildman–Crippen LogP) is 4.28. The molecule has 0 saturated carbocycles. The van der Waals surface area contributed by atoms with Crippen LogP contribution in [-0.2, 0) is 26.8 Å². The first-order valence-corrected chi connectivity index (χ1v) is 16.3. The molecule has 4 rings (SSSR count). The highest BCUT2D eigenvalue weighted by Crippen LogP contribution is 2.41. The molecule has 0 radical (unpaired) electrons. The van der Waals surface area contributed by atoms with Gasteiger partial charge in [-0.05, 0) is 56.0 Å². The zero-order valence-corrected chi connectivity index (χ0v) is 24.4. The normalized spacial score (nSPS) is 15.2. The molecule has 0 fully saturated rings. The van der Waals surface area contributed by atoms with E-state index in [2.05, 4.69) is 15.9 Å². The van der Waals surface area contributed by atoms with E-state index in [0.29, 0.717) is 49.0 Å². The number of para-hydroxylation sites is 2. The summed E-state index contributed by atoms with van der Waals surface area (Å²) in [6.45, 7) is 2.80. The van der Waals surface area contributed by atoms with Gasteiger partial charge in [-0.25, -0.2) is 16.8 Å². The van der Waals surface area contributed by atoms with Gasteiger partial charge in [0.1, 0.15) is 0 Å². The van der Waals surface area contributed by atoms with Crippen LogP contribution < -0.4 is 14.2 Å². The molecule has 0 aliphatic carbocycles. The van der Waals surface area contributed by atoms with E-state index in [0.717, 1.165) is 21.2 Å². The van der Waals surface area contributed by atoms with E-state index in [9.17, 15) is 25.9 Å². The van der Waals surface area contributed by atoms with Crippen LogP contribution in [0.3, 0.4) is 0 Å². The van der Waals surface area contributed by atoms with Gasteiger partial charge in [0.2, 0.25) is 11.5 Å². The number of rotatable bonds is 12. The van der Waals surface area contributed by atoms with Crippen molar-refractivity contribution < 1.29 is 39.7 Å². The van der Waals surface area contributed by atoms with Crippen molar-refractivity contribution in [3.8, 4) is 5.75 Å². The average molecular weight is 641 g/mol. The zero-order chi connectivity index (χ0) is 28.2. The second-order valence-electron chi connectivity index (χ2n) is 9.23. The SMILES string of the molecule is CC(/C=C1\Oc2ccc(Br)cc2N1CCCCS(=O)(=O)[O-])=C\c1oc2ccccc2[n+]1CCCCS(=O)(=O)[O-]. The van der Waals surface area contributed by atoms with Crippen LogP contribution in [-0.4, -0.2) is 44.0 Å². The minimum atomic E-state index is -4.27. The van der Waals surface area contributed by atoms with E-state index in [1.807, 2.05) is 71.0 Å². The maximum absolute atomic E-state index is 11.0. The Morgan fingerprint density at radius 1 is 1.00 bits per heavy atom. The van der Waals surface area contributed by atoms with Crippen molar-refractivity contribution in [2.45, 2.75) is 39.2 Å². The van der Waals surface area contributed by atoms with E-state index < -0.39 is 31.7 Å². The number of oxazole rings is 1. The predicted molar refractivity (Wildman–Crippen MR) is 148 cm³/mol. The van der Waals surface area contributed by atoms with Crippen molar-refractivity contribution in [2.75, 3.05) is 23.0 Å². The molecule has 0 spiro atoms. The first-order chi connectivity index (χ1) is 18.4. The Hall–Kier alpha value is -2.71. The van der Waals surface area contributed by atoms with Crippen LogP contribution in [0, 0.1) is 0 Å². The van der Waals surface area contributed by atoms with Crippen LogP contribution in [0.2, 0.25) is 0 Å². The van der Waals surface area contributed by atoms with Gasteiger partial charge in [-0.15, -0.1) is 0 Å². The molecule has 1 aliphatic heterocycles. The number of allylic oxidation sites excluding steroid dienone is 2. The number of benzene rings is 2. The fourth-order valence-electron chi connectivity index (χ4n) is 4.33. The quantitative estimate of drug-likeness (QED) is 0.161. The monoisotopic (exact) mass is 639 g/mol. The Balaban J connectivity index is 1.59. The summed E-state index contributed by atoms with van der Waals surface area (Å²) in [5.41, 5.74) is 3.14. The van der Waals surface area contributed by atoms with Crippen LogP contribution in [0.15, 0.2) is 68.9 Å². The van der Waals surface area contributed by atoms with Gasteiger partial charge in [-0.2, -0.15) is 4.57 Å². The third-order valence-electron chi connectivity index (χ3n) is 6.08. The second kappa shape index (κ2) is 12.2. The summed E-state index contributed by atoms with van der Waals surface area (Å²) in [5, 5.41) is 0. The molecule has 0 saturated heterocycles. The van der Waals surface area contributed by atoms with Crippen LogP contribution in [0.25, 0.3) is 17.2 Å². The molecule has 10 nitrogen and oxygen atoms in total. The van der Waals surface area contributed by atoms with Gasteiger partial charge in [0, 0.05) is 41.1 Å². The van der Waals surface area contributed by atoms with Gasteiger partial charge in [-0.1, -0.05) is 28.1 Å². The lowest BCUT2D eigenvalue weighted by atomic mass is 10.2. The Labute approximate surface area is 236 Å². The summed E-state index contributed by atoms with van der Waals surface area (Å²) in [6.07, 6.45) is 5.13. The fraction of sp³-hybridized carbons (Fsp3) is 0.346. The minimum absolute atomic E-state index is 0.237. The first-order valence-electron chi connectivity index (χ1n) is 12.3. The molecule has 0 unspecified atom stereocenters. The number of unbranched alkanes of at least 4 members (excludes halogenated alkanes) is 2. The van der Waals surface area contributed by atoms with E-state index in [-0.39, 0.29) is 12.8 Å². The molecule has 3 aromatic rings. The lowest BCUT2D eigenvalue weighted by Gasteiger charge is -2.19. The summed E-state index contributed by atoms with van der Waals surface area (Å²) in [5.74, 6) is 0.925. The van der Waals surface area contributed by atoms with Crippen LogP contribution in [0.1, 0.15) is 38.5 Å². The Kier molecular flexibility index (Phi) is 9.17. The molecule has 0 atom stereocenters. The molecule has 0 amide bonds. The number of aromatic nitrogens is 1. The molecule has 39 heavy (non-hydrogen) atoms. The highest BCUT2D eigenvalue weighted by atomic mass is 79.9. The Morgan fingerprint density at radius 3 is 2.41 bits per heavy atom. The maximum atomic E-state index is 11.0. The van der Waals surface area contributed by atoms with Crippen molar-refractivity contribution in [3.05, 3.63) is 70.4 Å². The molecule has 210 valence electrons. The molecule has 0 bridgehead atoms. The minimum Gasteiger partial charge on any atom is -0.748 e. The number of nitrogens with zero attached hydrogens (tertiary/aromatic N) is 2. The topological polar surface area (TPSA) is 144 Å². The average Bonchev–Trinajstić information content (AvgIpc) is 3.35. The van der Waals surface area contributed by atoms with Gasteiger partial charge in [0.15, 0.2) is 12.3 Å². The molecular formula is C26H28BrN2O8S2-. The van der Waals surface area contributed by atoms with Gasteiger partial charge in [0.25, 0.3) is 5.52 Å². The Bertz CT molecular complexity index is 1630. The van der Waals surface area contributed by atoms with Crippen molar-refractivity contribution in [2.24, 2.45) is 0 Å². The fourth-order valence-corrected chi connectivity index (χ4v) is 5.80. The third-order valence-corrected chi connectivity index (χ3v) is 8.15. The molecule has 1 aliphatic rings. The highest BCUT2D eigenvalue weighted by molar-refractivity contribution is 9.10. The molecular weight excluding hydrogens is 612 g/mol. The van der Waals surface area contributed by atoms with Crippen LogP contribution in [0.5, 0.6) is 5.75 Å². The lowest BCUT2D eigenvalue weighted by Crippen LogP contribution is -2.35. The van der Waals surface area contributed by atoms with Crippen LogP contribution >= 0.6 is 15.9 Å². The van der Waals surface area contributed by atoms with Crippen molar-refractivity contribution in [3.63, 3.8) is 0 Å². The van der Waals surface area contributed by atoms with E-state index >= 15 is 0 Å². The molecule has 13 heteroatoms. The van der Waals surface area contributed by atoms with Gasteiger partial charge >= 0.3 is 5.89 Å². The molecule has 1 aromatic heterocycles. The number of ether oxygens (including phenoxy) is 1. The second-order valence-corrected chi connectivity index (χ2v) is 13.2. The summed E-state index contributed by atoms with van der Waals surface area (Å²) < 4.78 is 80.9. The summed E-state index contributed by atoms with van der Waals surface area (Å²) in [4.78, 5) is 1.94. The number of anilines is 1. The van der Waals surface area contributed by atoms with Gasteiger partial charge in [-0.3, -0.25) is 0 Å². The molecule has 2 aromatic carbocycles. The summed E-state index contributed by atoms with van der Waals surface area (Å²) in [7, 11) is -8.54. The highest BCUT2D eigenvalue weighted by Gasteiger charge is 2.27. The van der Waals surface area contributed by atoms with Gasteiger partial charge in [0.05, 0.1) is 32.0 Å².